The van der Waals surface area contributed by atoms with Crippen LogP contribution in [0.1, 0.15) is 51.8 Å². The van der Waals surface area contributed by atoms with Crippen molar-refractivity contribution < 1.29 is 9.53 Å². The maximum Gasteiger partial charge on any atom is 0.319 e. The molecule has 34 heavy (non-hydrogen) atoms. The Morgan fingerprint density at radius 1 is 1.21 bits per heavy atom. The topological polar surface area (TPSA) is 120 Å². The summed E-state index contributed by atoms with van der Waals surface area (Å²) < 4.78 is 8.16. The van der Waals surface area contributed by atoms with Crippen molar-refractivity contribution in [2.75, 3.05) is 29.1 Å². The highest BCUT2D eigenvalue weighted by Crippen LogP contribution is 2.32. The summed E-state index contributed by atoms with van der Waals surface area (Å²) in [4.78, 5) is 24.7. The maximum absolute atomic E-state index is 12.1. The van der Waals surface area contributed by atoms with E-state index in [9.17, 15) is 4.79 Å². The van der Waals surface area contributed by atoms with Gasteiger partial charge in [0.15, 0.2) is 11.5 Å². The third kappa shape index (κ3) is 5.98. The second-order valence-corrected chi connectivity index (χ2v) is 10.7. The molecule has 0 saturated carbocycles. The number of nitrogens with two attached hydrogens (primary N) is 1. The van der Waals surface area contributed by atoms with E-state index < -0.39 is 0 Å². The monoisotopic (exact) mass is 483 g/mol. The van der Waals surface area contributed by atoms with Gasteiger partial charge in [0.2, 0.25) is 0 Å². The molecule has 2 atom stereocenters. The average molecular weight is 484 g/mol. The average Bonchev–Trinajstić information content (AvgIpc) is 3.43. The number of carbonyl (C=O) groups excluding carboxylic acids is 1. The van der Waals surface area contributed by atoms with Crippen LogP contribution in [0.2, 0.25) is 0 Å². The fraction of sp³-hybridized carbons (Fsp3) is 0.500. The number of imidazole rings is 1. The van der Waals surface area contributed by atoms with Crippen molar-refractivity contribution in [3.05, 3.63) is 42.5 Å². The number of nitrogen functional groups attached to an aromatic ring is 1. The van der Waals surface area contributed by atoms with E-state index in [0.717, 1.165) is 36.5 Å². The first-order valence-corrected chi connectivity index (χ1v) is 12.8. The van der Waals surface area contributed by atoms with Crippen LogP contribution in [0.3, 0.4) is 0 Å². The van der Waals surface area contributed by atoms with Gasteiger partial charge in [0.05, 0.1) is 12.4 Å². The van der Waals surface area contributed by atoms with Crippen LogP contribution in [0.15, 0.2) is 36.9 Å². The first kappa shape index (κ1) is 24.3. The molecule has 4 N–H and O–H groups in total. The highest BCUT2D eigenvalue weighted by atomic mass is 32.2. The molecular formula is C24H33N7O2S. The van der Waals surface area contributed by atoms with Crippen LogP contribution in [0.4, 0.5) is 16.3 Å². The molecule has 0 spiro atoms. The molecule has 2 amide bonds. The number of ether oxygens (including phenoxy) is 1. The van der Waals surface area contributed by atoms with Crippen molar-refractivity contribution in [3.8, 4) is 0 Å². The van der Waals surface area contributed by atoms with E-state index in [4.69, 9.17) is 10.5 Å². The van der Waals surface area contributed by atoms with Crippen LogP contribution >= 0.6 is 11.8 Å². The largest absolute Gasteiger partial charge is 0.382 e. The second-order valence-electron chi connectivity index (χ2n) is 9.51. The normalized spacial score (nSPS) is 18.3. The van der Waals surface area contributed by atoms with E-state index in [1.54, 1.807) is 6.33 Å². The maximum atomic E-state index is 12.1. The Hall–Kier alpha value is -2.85. The lowest BCUT2D eigenvalue weighted by atomic mass is 9.87. The number of carbonyl (C=O) groups is 1. The van der Waals surface area contributed by atoms with Gasteiger partial charge >= 0.3 is 6.03 Å². The summed E-state index contributed by atoms with van der Waals surface area (Å²) in [5, 5.41) is 5.81. The number of benzene rings is 1. The van der Waals surface area contributed by atoms with Gasteiger partial charge in [-0.1, -0.05) is 32.9 Å². The molecule has 1 aliphatic rings. The Morgan fingerprint density at radius 2 is 2.00 bits per heavy atom. The molecule has 10 heteroatoms. The fourth-order valence-electron chi connectivity index (χ4n) is 3.91. The summed E-state index contributed by atoms with van der Waals surface area (Å²) in [6, 6.07) is 7.83. The smallest absolute Gasteiger partial charge is 0.319 e. The third-order valence-electron chi connectivity index (χ3n) is 5.85. The SMILES string of the molecule is CC(C)(C)c1ccc(NC(=O)NCCCSC[C@@H]2CC[C@H](n3cnc4c(N)ncnc43)O2)cc1. The number of nitrogens with zero attached hydrogens (tertiary/aromatic N) is 4. The summed E-state index contributed by atoms with van der Waals surface area (Å²) in [5.74, 6) is 2.27. The van der Waals surface area contributed by atoms with Crippen molar-refractivity contribution in [2.24, 2.45) is 0 Å². The zero-order chi connectivity index (χ0) is 24.1. The quantitative estimate of drug-likeness (QED) is 0.408. The third-order valence-corrected chi connectivity index (χ3v) is 7.03. The minimum Gasteiger partial charge on any atom is -0.382 e. The Labute approximate surface area is 204 Å². The number of thioether (sulfide) groups is 1. The van der Waals surface area contributed by atoms with Crippen LogP contribution in [-0.2, 0) is 10.2 Å². The summed E-state index contributed by atoms with van der Waals surface area (Å²) in [6.07, 6.45) is 6.11. The Bertz CT molecular complexity index is 1110. The molecule has 0 radical (unpaired) electrons. The number of nitrogens with one attached hydrogen (secondary N) is 2. The Kier molecular flexibility index (Phi) is 7.57. The highest BCUT2D eigenvalue weighted by molar-refractivity contribution is 7.99. The van der Waals surface area contributed by atoms with Gasteiger partial charge in [-0.2, -0.15) is 11.8 Å². The second kappa shape index (κ2) is 10.6. The van der Waals surface area contributed by atoms with Crippen LogP contribution in [0, 0.1) is 0 Å². The van der Waals surface area contributed by atoms with E-state index in [1.165, 1.54) is 11.9 Å². The van der Waals surface area contributed by atoms with Gasteiger partial charge in [-0.05, 0) is 48.1 Å². The van der Waals surface area contributed by atoms with Gasteiger partial charge in [0.25, 0.3) is 0 Å². The molecule has 9 nitrogen and oxygen atoms in total. The number of hydrogen-bond donors (Lipinski definition) is 3. The van der Waals surface area contributed by atoms with Crippen LogP contribution in [0.5, 0.6) is 0 Å². The van der Waals surface area contributed by atoms with Gasteiger partial charge in [-0.25, -0.2) is 19.7 Å². The number of urea groups is 1. The van der Waals surface area contributed by atoms with Crippen molar-refractivity contribution in [3.63, 3.8) is 0 Å². The summed E-state index contributed by atoms with van der Waals surface area (Å²) in [7, 11) is 0. The van der Waals surface area contributed by atoms with Gasteiger partial charge in [0.1, 0.15) is 18.1 Å². The summed E-state index contributed by atoms with van der Waals surface area (Å²) >= 11 is 1.85. The fourth-order valence-corrected chi connectivity index (χ4v) is 4.94. The minimum atomic E-state index is -0.174. The lowest BCUT2D eigenvalue weighted by Gasteiger charge is -2.19. The number of rotatable bonds is 8. The van der Waals surface area contributed by atoms with E-state index in [1.807, 2.05) is 28.5 Å². The van der Waals surface area contributed by atoms with Gasteiger partial charge in [0, 0.05) is 18.0 Å². The van der Waals surface area contributed by atoms with Crippen molar-refractivity contribution >= 4 is 40.5 Å². The first-order valence-electron chi connectivity index (χ1n) is 11.6. The predicted octanol–water partition coefficient (Wildman–Crippen LogP) is 4.33. The molecule has 182 valence electrons. The number of amides is 2. The predicted molar refractivity (Wildman–Crippen MR) is 137 cm³/mol. The van der Waals surface area contributed by atoms with Crippen molar-refractivity contribution in [1.29, 1.82) is 0 Å². The minimum absolute atomic E-state index is 0.0762. The lowest BCUT2D eigenvalue weighted by Crippen LogP contribution is -2.29. The lowest BCUT2D eigenvalue weighted by molar-refractivity contribution is 0.0153. The molecule has 2 aromatic heterocycles. The zero-order valence-electron chi connectivity index (χ0n) is 20.0. The van der Waals surface area contributed by atoms with Gasteiger partial charge in [-0.3, -0.25) is 4.57 Å². The van der Waals surface area contributed by atoms with Crippen LogP contribution in [-0.4, -0.2) is 49.7 Å². The molecule has 1 saturated heterocycles. The van der Waals surface area contributed by atoms with E-state index in [-0.39, 0.29) is 23.8 Å². The van der Waals surface area contributed by atoms with Gasteiger partial charge in [-0.15, -0.1) is 0 Å². The Morgan fingerprint density at radius 3 is 2.76 bits per heavy atom. The summed E-state index contributed by atoms with van der Waals surface area (Å²) in [6.45, 7) is 7.15. The first-order chi connectivity index (χ1) is 16.3. The molecule has 0 unspecified atom stereocenters. The standard InChI is InChI=1S/C24H33N7O2S/c1-24(2,3)16-5-7-17(8-6-16)30-23(32)26-11-4-12-34-13-18-9-10-19(33-18)31-15-29-20-21(25)27-14-28-22(20)31/h5-8,14-15,18-19H,4,9-13H2,1-3H3,(H2,25,27,28)(H2,26,30,32)/t18-,19+/m0/s1. The molecule has 3 aromatic rings. The van der Waals surface area contributed by atoms with E-state index >= 15 is 0 Å². The highest BCUT2D eigenvalue weighted by Gasteiger charge is 2.28. The molecular weight excluding hydrogens is 450 g/mol. The number of hydrogen-bond acceptors (Lipinski definition) is 7. The molecule has 1 aromatic carbocycles. The molecule has 1 fully saturated rings. The van der Waals surface area contributed by atoms with Gasteiger partial charge < -0.3 is 21.1 Å². The number of aromatic nitrogens is 4. The number of fused-ring (bicyclic) bond motifs is 1. The van der Waals surface area contributed by atoms with Crippen LogP contribution < -0.4 is 16.4 Å². The van der Waals surface area contributed by atoms with Crippen molar-refractivity contribution in [1.82, 2.24) is 24.8 Å². The summed E-state index contributed by atoms with van der Waals surface area (Å²) in [5.41, 5.74) is 9.34. The van der Waals surface area contributed by atoms with Crippen LogP contribution in [0.25, 0.3) is 11.2 Å². The molecule has 0 aliphatic carbocycles. The molecule has 3 heterocycles. The molecule has 4 rings (SSSR count). The number of anilines is 2. The molecule has 0 bridgehead atoms. The Balaban J connectivity index is 1.11. The van der Waals surface area contributed by atoms with E-state index in [2.05, 4.69) is 58.5 Å². The van der Waals surface area contributed by atoms with E-state index in [0.29, 0.717) is 23.5 Å². The van der Waals surface area contributed by atoms with Crippen molar-refractivity contribution in [2.45, 2.75) is 57.8 Å². The molecule has 1 aliphatic heterocycles. The zero-order valence-corrected chi connectivity index (χ0v) is 20.8.